The quantitative estimate of drug-likeness (QED) is 0.602. The molecule has 2 nitrogen and oxygen atoms in total. The second kappa shape index (κ2) is 3.76. The van der Waals surface area contributed by atoms with E-state index in [2.05, 4.69) is 0 Å². The van der Waals surface area contributed by atoms with E-state index in [0.29, 0.717) is 6.61 Å². The van der Waals surface area contributed by atoms with Crippen molar-refractivity contribution in [2.45, 2.75) is 13.5 Å². The van der Waals surface area contributed by atoms with Crippen LogP contribution in [-0.2, 0) is 16.1 Å². The summed E-state index contributed by atoms with van der Waals surface area (Å²) in [4.78, 5) is 10.4. The van der Waals surface area contributed by atoms with E-state index in [0.717, 1.165) is 5.56 Å². The lowest BCUT2D eigenvalue weighted by atomic mass is 10.3. The smallest absolute Gasteiger partial charge is 0.302 e. The van der Waals surface area contributed by atoms with Gasteiger partial charge >= 0.3 is 5.97 Å². The Kier molecular flexibility index (Phi) is 2.66. The average molecular weight is 151 g/mol. The Morgan fingerprint density at radius 2 is 2.00 bits per heavy atom. The van der Waals surface area contributed by atoms with Crippen LogP contribution in [0.3, 0.4) is 0 Å². The molecule has 1 aromatic carbocycles. The maximum Gasteiger partial charge on any atom is 0.302 e. The van der Waals surface area contributed by atoms with Crippen molar-refractivity contribution in [2.24, 2.45) is 0 Å². The Balaban J connectivity index is 2.45. The minimum atomic E-state index is -0.242. The maximum absolute atomic E-state index is 10.4. The number of carbonyl (C=O) groups excluding carboxylic acids is 1. The van der Waals surface area contributed by atoms with Crippen LogP contribution in [0, 0.1) is 0 Å². The molecule has 0 aromatic heterocycles. The molecule has 0 aliphatic rings. The van der Waals surface area contributed by atoms with Gasteiger partial charge in [-0.25, -0.2) is 0 Å². The number of hydrogen-bond donors (Lipinski definition) is 0. The first-order valence-electron chi connectivity index (χ1n) is 3.46. The molecule has 2 heteroatoms. The van der Waals surface area contributed by atoms with E-state index < -0.39 is 0 Å². The minimum Gasteiger partial charge on any atom is -0.461 e. The Morgan fingerprint density at radius 3 is 2.55 bits per heavy atom. The highest BCUT2D eigenvalue weighted by molar-refractivity contribution is 5.65. The molecule has 0 saturated heterocycles. The van der Waals surface area contributed by atoms with Crippen molar-refractivity contribution < 1.29 is 9.53 Å². The molecule has 0 heterocycles. The number of benzene rings is 1. The van der Waals surface area contributed by atoms with Gasteiger partial charge in [0.2, 0.25) is 0 Å². The van der Waals surface area contributed by atoms with Gasteiger partial charge in [0.05, 0.1) is 0 Å². The second-order valence-corrected chi connectivity index (χ2v) is 2.27. The molecular weight excluding hydrogens is 141 g/mol. The van der Waals surface area contributed by atoms with Crippen LogP contribution in [0.1, 0.15) is 12.5 Å². The highest BCUT2D eigenvalue weighted by Gasteiger charge is 1.93. The van der Waals surface area contributed by atoms with Crippen LogP contribution < -0.4 is 0 Å². The van der Waals surface area contributed by atoms with Gasteiger partial charge in [-0.1, -0.05) is 30.3 Å². The third-order valence-electron chi connectivity index (χ3n) is 1.28. The summed E-state index contributed by atoms with van der Waals surface area (Å²) in [6, 6.07) is 9.60. The van der Waals surface area contributed by atoms with Gasteiger partial charge in [0, 0.05) is 6.92 Å². The van der Waals surface area contributed by atoms with Gasteiger partial charge in [0.1, 0.15) is 6.61 Å². The van der Waals surface area contributed by atoms with Crippen LogP contribution in [-0.4, -0.2) is 5.97 Å². The van der Waals surface area contributed by atoms with Gasteiger partial charge < -0.3 is 4.74 Å². The van der Waals surface area contributed by atoms with Gasteiger partial charge in [-0.2, -0.15) is 0 Å². The fourth-order valence-corrected chi connectivity index (χ4v) is 0.759. The molecule has 0 radical (unpaired) electrons. The van der Waals surface area contributed by atoms with E-state index in [4.69, 9.17) is 4.74 Å². The summed E-state index contributed by atoms with van der Waals surface area (Å²) < 4.78 is 4.79. The average Bonchev–Trinajstić information content (AvgIpc) is 2.03. The predicted molar refractivity (Wildman–Crippen MR) is 41.9 cm³/mol. The fraction of sp³-hybridized carbons (Fsp3) is 0.222. The molecule has 1 rings (SSSR count). The summed E-state index contributed by atoms with van der Waals surface area (Å²) >= 11 is 0. The third-order valence-corrected chi connectivity index (χ3v) is 1.28. The Morgan fingerprint density at radius 1 is 1.36 bits per heavy atom. The lowest BCUT2D eigenvalue weighted by molar-refractivity contribution is -0.142. The molecule has 0 spiro atoms. The van der Waals surface area contributed by atoms with Crippen LogP contribution >= 0.6 is 0 Å². The SMILES string of the molecule is CC(=O)OCc1cccc[13cH]1. The van der Waals surface area contributed by atoms with E-state index in [1.165, 1.54) is 6.92 Å². The van der Waals surface area contributed by atoms with Crippen LogP contribution in [0.5, 0.6) is 0 Å². The summed E-state index contributed by atoms with van der Waals surface area (Å²) in [7, 11) is 0. The van der Waals surface area contributed by atoms with E-state index >= 15 is 0 Å². The summed E-state index contributed by atoms with van der Waals surface area (Å²) in [6.07, 6.45) is 0. The van der Waals surface area contributed by atoms with Crippen LogP contribution in [0.4, 0.5) is 0 Å². The third kappa shape index (κ3) is 2.85. The van der Waals surface area contributed by atoms with E-state index in [1.54, 1.807) is 0 Å². The highest BCUT2D eigenvalue weighted by Crippen LogP contribution is 1.99. The lowest BCUT2D eigenvalue weighted by Gasteiger charge is -1.99. The molecule has 0 atom stereocenters. The molecule has 0 unspecified atom stereocenters. The zero-order valence-electron chi connectivity index (χ0n) is 6.41. The standard InChI is InChI=1S/C9H10O2/c1-8(10)11-7-9-5-3-2-4-6-9/h2-6H,7H2,1H3/i5+1. The molecule has 0 saturated carbocycles. The maximum atomic E-state index is 10.4. The summed E-state index contributed by atoms with van der Waals surface area (Å²) in [5.41, 5.74) is 1.02. The lowest BCUT2D eigenvalue weighted by Crippen LogP contribution is -1.97. The van der Waals surface area contributed by atoms with Crippen LogP contribution in [0.2, 0.25) is 0 Å². The first-order valence-corrected chi connectivity index (χ1v) is 3.46. The summed E-state index contributed by atoms with van der Waals surface area (Å²) in [5.74, 6) is -0.242. The number of esters is 1. The molecule has 0 aliphatic carbocycles. The van der Waals surface area contributed by atoms with Crippen LogP contribution in [0.15, 0.2) is 30.3 Å². The molecule has 0 amide bonds. The first-order chi connectivity index (χ1) is 5.29. The zero-order valence-corrected chi connectivity index (χ0v) is 6.41. The molecular formula is C9H10O2. The molecule has 0 fully saturated rings. The number of hydrogen-bond acceptors (Lipinski definition) is 2. The van der Waals surface area contributed by atoms with Crippen molar-refractivity contribution in [3.63, 3.8) is 0 Å². The summed E-state index contributed by atoms with van der Waals surface area (Å²) in [6.45, 7) is 1.78. The molecule has 58 valence electrons. The Labute approximate surface area is 65.8 Å². The monoisotopic (exact) mass is 151 g/mol. The van der Waals surface area contributed by atoms with Crippen molar-refractivity contribution in [3.8, 4) is 0 Å². The highest BCUT2D eigenvalue weighted by atomic mass is 16.5. The van der Waals surface area contributed by atoms with E-state index in [9.17, 15) is 4.79 Å². The van der Waals surface area contributed by atoms with Gasteiger partial charge in [-0.05, 0) is 5.56 Å². The largest absolute Gasteiger partial charge is 0.461 e. The molecule has 0 bridgehead atoms. The Bertz CT molecular complexity index is 229. The minimum absolute atomic E-state index is 0.242. The van der Waals surface area contributed by atoms with Gasteiger partial charge in [-0.3, -0.25) is 4.79 Å². The van der Waals surface area contributed by atoms with Crippen molar-refractivity contribution in [1.29, 1.82) is 0 Å². The number of rotatable bonds is 2. The topological polar surface area (TPSA) is 26.3 Å². The fourth-order valence-electron chi connectivity index (χ4n) is 0.759. The van der Waals surface area contributed by atoms with Gasteiger partial charge in [0.15, 0.2) is 0 Å². The molecule has 0 aliphatic heterocycles. The van der Waals surface area contributed by atoms with E-state index in [1.807, 2.05) is 30.3 Å². The summed E-state index contributed by atoms with van der Waals surface area (Å²) in [5, 5.41) is 0. The van der Waals surface area contributed by atoms with Crippen molar-refractivity contribution in [1.82, 2.24) is 0 Å². The number of carbonyl (C=O) groups is 1. The number of ether oxygens (including phenoxy) is 1. The zero-order chi connectivity index (χ0) is 8.10. The van der Waals surface area contributed by atoms with E-state index in [-0.39, 0.29) is 5.97 Å². The van der Waals surface area contributed by atoms with Gasteiger partial charge in [0.25, 0.3) is 0 Å². The van der Waals surface area contributed by atoms with Crippen molar-refractivity contribution in [3.05, 3.63) is 35.9 Å². The Hall–Kier alpha value is -1.31. The molecule has 11 heavy (non-hydrogen) atoms. The second-order valence-electron chi connectivity index (χ2n) is 2.27. The van der Waals surface area contributed by atoms with Gasteiger partial charge in [-0.15, -0.1) is 0 Å². The van der Waals surface area contributed by atoms with Crippen molar-refractivity contribution >= 4 is 5.97 Å². The normalized spacial score (nSPS) is 9.18. The first kappa shape index (κ1) is 7.79. The molecule has 1 aromatic rings. The molecule has 0 N–H and O–H groups in total. The van der Waals surface area contributed by atoms with Crippen molar-refractivity contribution in [2.75, 3.05) is 0 Å². The van der Waals surface area contributed by atoms with Crippen LogP contribution in [0.25, 0.3) is 0 Å². The predicted octanol–water partition coefficient (Wildman–Crippen LogP) is 1.75.